The summed E-state index contributed by atoms with van der Waals surface area (Å²) in [7, 11) is 0. The van der Waals surface area contributed by atoms with Gasteiger partial charge in [0.2, 0.25) is 0 Å². The minimum Gasteiger partial charge on any atom is -0.473 e. The minimum absolute atomic E-state index is 0.0566. The molecule has 0 saturated heterocycles. The number of rotatable bonds is 4. The monoisotopic (exact) mass is 310 g/mol. The maximum Gasteiger partial charge on any atom is 0.321 e. The molecule has 0 aromatic heterocycles. The van der Waals surface area contributed by atoms with Crippen molar-refractivity contribution >= 4 is 34.9 Å². The third kappa shape index (κ3) is 4.33. The molecular weight excluding hydrogens is 299 g/mol. The lowest BCUT2D eigenvalue weighted by molar-refractivity contribution is 0.234. The fraction of sp³-hybridized carbons (Fsp3) is 0.0714. The summed E-state index contributed by atoms with van der Waals surface area (Å²) in [5.41, 5.74) is 0.480. The Morgan fingerprint density at radius 2 is 1.85 bits per heavy atom. The van der Waals surface area contributed by atoms with Crippen molar-refractivity contribution in [3.05, 3.63) is 58.6 Å². The zero-order valence-corrected chi connectivity index (χ0v) is 11.9. The molecule has 0 atom stereocenters. The van der Waals surface area contributed by atoms with E-state index < -0.39 is 6.03 Å². The molecule has 2 aromatic rings. The van der Waals surface area contributed by atoms with Crippen molar-refractivity contribution in [2.45, 2.75) is 0 Å². The normalized spacial score (nSPS) is 9.90. The molecule has 104 valence electrons. The van der Waals surface area contributed by atoms with E-state index in [0.29, 0.717) is 21.5 Å². The summed E-state index contributed by atoms with van der Waals surface area (Å²) < 4.78 is 5.34. The van der Waals surface area contributed by atoms with Gasteiger partial charge in [-0.15, -0.1) is 0 Å². The number of benzene rings is 2. The molecule has 4 nitrogen and oxygen atoms in total. The van der Waals surface area contributed by atoms with Crippen molar-refractivity contribution in [2.75, 3.05) is 12.0 Å². The number of carbonyl (C=O) groups excluding carboxylic acids is 1. The number of halogens is 2. The Bertz CT molecular complexity index is 591. The van der Waals surface area contributed by atoms with Crippen molar-refractivity contribution in [3.8, 4) is 5.75 Å². The van der Waals surface area contributed by atoms with Crippen molar-refractivity contribution in [2.24, 2.45) is 0 Å². The lowest BCUT2D eigenvalue weighted by Crippen LogP contribution is -2.32. The highest BCUT2D eigenvalue weighted by Gasteiger charge is 2.05. The van der Waals surface area contributed by atoms with Crippen LogP contribution in [0.3, 0.4) is 0 Å². The van der Waals surface area contributed by atoms with Gasteiger partial charge in [-0.3, -0.25) is 0 Å². The van der Waals surface area contributed by atoms with Gasteiger partial charge in [0, 0.05) is 5.02 Å². The van der Waals surface area contributed by atoms with Crippen LogP contribution in [0, 0.1) is 0 Å². The van der Waals surface area contributed by atoms with Gasteiger partial charge in [-0.25, -0.2) is 4.79 Å². The van der Waals surface area contributed by atoms with E-state index in [1.807, 2.05) is 18.2 Å². The SMILES string of the molecule is O=C(NCOc1ccccc1)Nc1ccc(Cl)cc1Cl. The Hall–Kier alpha value is -1.91. The van der Waals surface area contributed by atoms with Crippen molar-refractivity contribution < 1.29 is 9.53 Å². The topological polar surface area (TPSA) is 50.4 Å². The van der Waals surface area contributed by atoms with Gasteiger partial charge in [-0.05, 0) is 30.3 Å². The lowest BCUT2D eigenvalue weighted by atomic mass is 10.3. The number of urea groups is 1. The molecule has 0 aliphatic heterocycles. The molecule has 0 heterocycles. The first-order valence-corrected chi connectivity index (χ1v) is 6.58. The van der Waals surface area contributed by atoms with Crippen LogP contribution >= 0.6 is 23.2 Å². The van der Waals surface area contributed by atoms with Crippen LogP contribution in [0.25, 0.3) is 0 Å². The second-order valence-electron chi connectivity index (χ2n) is 3.86. The van der Waals surface area contributed by atoms with Crippen LogP contribution in [-0.4, -0.2) is 12.8 Å². The van der Waals surface area contributed by atoms with Crippen LogP contribution in [0.15, 0.2) is 48.5 Å². The van der Waals surface area contributed by atoms with Gasteiger partial charge < -0.3 is 15.4 Å². The molecule has 0 saturated carbocycles. The van der Waals surface area contributed by atoms with Gasteiger partial charge in [0.15, 0.2) is 6.73 Å². The van der Waals surface area contributed by atoms with E-state index in [2.05, 4.69) is 10.6 Å². The van der Waals surface area contributed by atoms with E-state index in [4.69, 9.17) is 27.9 Å². The third-order valence-electron chi connectivity index (χ3n) is 2.39. The molecule has 2 rings (SSSR count). The number of para-hydroxylation sites is 1. The summed E-state index contributed by atoms with van der Waals surface area (Å²) in [6.07, 6.45) is 0. The van der Waals surface area contributed by atoms with Gasteiger partial charge in [0.25, 0.3) is 0 Å². The van der Waals surface area contributed by atoms with Gasteiger partial charge in [0.1, 0.15) is 5.75 Å². The Morgan fingerprint density at radius 1 is 1.10 bits per heavy atom. The first-order valence-electron chi connectivity index (χ1n) is 5.83. The van der Waals surface area contributed by atoms with Crippen molar-refractivity contribution in [3.63, 3.8) is 0 Å². The molecule has 0 unspecified atom stereocenters. The standard InChI is InChI=1S/C14H12Cl2N2O2/c15-10-6-7-13(12(16)8-10)18-14(19)17-9-20-11-4-2-1-3-5-11/h1-8H,9H2,(H2,17,18,19). The Kier molecular flexibility index (Phi) is 5.09. The summed E-state index contributed by atoms with van der Waals surface area (Å²) >= 11 is 11.7. The van der Waals surface area contributed by atoms with Crippen LogP contribution in [0.1, 0.15) is 0 Å². The molecule has 0 radical (unpaired) electrons. The average molecular weight is 311 g/mol. The Morgan fingerprint density at radius 3 is 2.55 bits per heavy atom. The number of anilines is 1. The molecule has 2 aromatic carbocycles. The zero-order valence-electron chi connectivity index (χ0n) is 10.4. The summed E-state index contributed by atoms with van der Waals surface area (Å²) in [5, 5.41) is 6.04. The fourth-order valence-electron chi connectivity index (χ4n) is 1.46. The summed E-state index contributed by atoms with van der Waals surface area (Å²) in [6, 6.07) is 13.6. The van der Waals surface area contributed by atoms with Crippen LogP contribution in [-0.2, 0) is 0 Å². The van der Waals surface area contributed by atoms with Gasteiger partial charge in [-0.1, -0.05) is 41.4 Å². The maximum absolute atomic E-state index is 11.6. The first-order chi connectivity index (χ1) is 9.65. The molecule has 0 spiro atoms. The van der Waals surface area contributed by atoms with Crippen LogP contribution in [0.4, 0.5) is 10.5 Å². The number of hydrogen-bond acceptors (Lipinski definition) is 2. The van der Waals surface area contributed by atoms with Gasteiger partial charge in [-0.2, -0.15) is 0 Å². The summed E-state index contributed by atoms with van der Waals surface area (Å²) in [6.45, 7) is 0.0566. The molecule has 20 heavy (non-hydrogen) atoms. The van der Waals surface area contributed by atoms with E-state index in [9.17, 15) is 4.79 Å². The van der Waals surface area contributed by atoms with Gasteiger partial charge in [0.05, 0.1) is 10.7 Å². The number of carbonyl (C=O) groups is 1. The van der Waals surface area contributed by atoms with Crippen LogP contribution < -0.4 is 15.4 Å². The molecule has 0 fully saturated rings. The Balaban J connectivity index is 1.81. The molecule has 2 amide bonds. The summed E-state index contributed by atoms with van der Waals surface area (Å²) in [4.78, 5) is 11.6. The predicted octanol–water partition coefficient (Wildman–Crippen LogP) is 4.15. The maximum atomic E-state index is 11.6. The van der Waals surface area contributed by atoms with Crippen molar-refractivity contribution in [1.29, 1.82) is 0 Å². The van der Waals surface area contributed by atoms with E-state index in [1.54, 1.807) is 30.3 Å². The lowest BCUT2D eigenvalue weighted by Gasteiger charge is -2.10. The molecule has 6 heteroatoms. The number of nitrogens with one attached hydrogen (secondary N) is 2. The van der Waals surface area contributed by atoms with Crippen LogP contribution in [0.5, 0.6) is 5.75 Å². The van der Waals surface area contributed by atoms with E-state index >= 15 is 0 Å². The van der Waals surface area contributed by atoms with E-state index in [0.717, 1.165) is 0 Å². The van der Waals surface area contributed by atoms with Crippen LogP contribution in [0.2, 0.25) is 10.0 Å². The summed E-state index contributed by atoms with van der Waals surface area (Å²) in [5.74, 6) is 0.678. The number of hydrogen-bond donors (Lipinski definition) is 2. The smallest absolute Gasteiger partial charge is 0.321 e. The number of ether oxygens (including phenoxy) is 1. The Labute approximate surface area is 126 Å². The molecule has 0 aliphatic carbocycles. The molecule has 0 aliphatic rings. The third-order valence-corrected chi connectivity index (χ3v) is 2.94. The van der Waals surface area contributed by atoms with E-state index in [-0.39, 0.29) is 6.73 Å². The quantitative estimate of drug-likeness (QED) is 0.833. The molecular formula is C14H12Cl2N2O2. The first kappa shape index (κ1) is 14.5. The average Bonchev–Trinajstić information content (AvgIpc) is 2.43. The van der Waals surface area contributed by atoms with Gasteiger partial charge >= 0.3 is 6.03 Å². The second-order valence-corrected chi connectivity index (χ2v) is 4.70. The largest absolute Gasteiger partial charge is 0.473 e. The second kappa shape index (κ2) is 7.03. The minimum atomic E-state index is -0.412. The zero-order chi connectivity index (χ0) is 14.4. The predicted molar refractivity (Wildman–Crippen MR) is 80.6 cm³/mol. The highest BCUT2D eigenvalue weighted by atomic mass is 35.5. The van der Waals surface area contributed by atoms with E-state index in [1.165, 1.54) is 0 Å². The highest BCUT2D eigenvalue weighted by Crippen LogP contribution is 2.25. The molecule has 0 bridgehead atoms. The van der Waals surface area contributed by atoms with Crippen molar-refractivity contribution in [1.82, 2.24) is 5.32 Å². The molecule has 2 N–H and O–H groups in total. The fourth-order valence-corrected chi connectivity index (χ4v) is 1.91. The highest BCUT2D eigenvalue weighted by molar-refractivity contribution is 6.36. The number of amides is 2.